The van der Waals surface area contributed by atoms with Gasteiger partial charge in [-0.2, -0.15) is 0 Å². The lowest BCUT2D eigenvalue weighted by atomic mass is 10.2. The zero-order valence-corrected chi connectivity index (χ0v) is 20.8. The number of anilines is 1. The Balaban J connectivity index is 1.25. The summed E-state index contributed by atoms with van der Waals surface area (Å²) in [5, 5.41) is 5.97. The number of nitrogens with zero attached hydrogens (tertiary/aromatic N) is 1. The van der Waals surface area contributed by atoms with Gasteiger partial charge in [0.05, 0.1) is 44.0 Å². The van der Waals surface area contributed by atoms with Crippen LogP contribution in [0.3, 0.4) is 0 Å². The number of thiophene rings is 1. The number of fused-ring (bicyclic) bond motifs is 1. The summed E-state index contributed by atoms with van der Waals surface area (Å²) in [5.41, 5.74) is 2.51. The summed E-state index contributed by atoms with van der Waals surface area (Å²) < 4.78 is 21.9. The largest absolute Gasteiger partial charge is 0.494 e. The van der Waals surface area contributed by atoms with Gasteiger partial charge >= 0.3 is 0 Å². The number of amides is 1. The van der Waals surface area contributed by atoms with Crippen LogP contribution in [0.25, 0.3) is 21.5 Å². The minimum atomic E-state index is -0.0856. The number of aromatic nitrogens is 1. The second kappa shape index (κ2) is 11.6. The average molecular weight is 493 g/mol. The molecule has 0 fully saturated rings. The first kappa shape index (κ1) is 24.3. The summed E-state index contributed by atoms with van der Waals surface area (Å²) in [6, 6.07) is 17.5. The van der Waals surface area contributed by atoms with Crippen molar-refractivity contribution in [1.29, 1.82) is 0 Å². The standard InChI is InChI=1S/C27H28N2O5S/c1-31-23-16-19(17-24(32-2)27(23)33-3)28-26(30)8-4-5-13-34-20-10-12-21-18(15-20)9-11-22(29-21)25-7-6-14-35-25/h6-7,9-12,14-17H,4-5,8,13H2,1-3H3,(H,28,30). The maximum atomic E-state index is 12.4. The van der Waals surface area contributed by atoms with Crippen molar-refractivity contribution in [2.24, 2.45) is 0 Å². The van der Waals surface area contributed by atoms with Crippen LogP contribution in [0.2, 0.25) is 0 Å². The highest BCUT2D eigenvalue weighted by atomic mass is 32.1. The zero-order chi connectivity index (χ0) is 24.6. The fourth-order valence-electron chi connectivity index (χ4n) is 3.71. The van der Waals surface area contributed by atoms with Gasteiger partial charge < -0.3 is 24.3 Å². The van der Waals surface area contributed by atoms with Crippen LogP contribution in [-0.2, 0) is 4.79 Å². The monoisotopic (exact) mass is 492 g/mol. The van der Waals surface area contributed by atoms with Crippen LogP contribution in [0.1, 0.15) is 19.3 Å². The molecule has 2 aromatic heterocycles. The maximum Gasteiger partial charge on any atom is 0.224 e. The molecule has 35 heavy (non-hydrogen) atoms. The predicted molar refractivity (Wildman–Crippen MR) is 139 cm³/mol. The van der Waals surface area contributed by atoms with E-state index in [0.717, 1.165) is 33.6 Å². The molecule has 8 heteroatoms. The van der Waals surface area contributed by atoms with E-state index in [-0.39, 0.29) is 5.91 Å². The molecule has 1 amide bonds. The molecule has 0 aliphatic rings. The lowest BCUT2D eigenvalue weighted by molar-refractivity contribution is -0.116. The Bertz CT molecular complexity index is 1270. The van der Waals surface area contributed by atoms with Crippen molar-refractivity contribution in [3.63, 3.8) is 0 Å². The van der Waals surface area contributed by atoms with Crippen molar-refractivity contribution >= 4 is 33.8 Å². The predicted octanol–water partition coefficient (Wildman–Crippen LogP) is 6.18. The maximum absolute atomic E-state index is 12.4. The first-order valence-corrected chi connectivity index (χ1v) is 12.2. The van der Waals surface area contributed by atoms with Gasteiger partial charge in [0.15, 0.2) is 11.5 Å². The fraction of sp³-hybridized carbons (Fsp3) is 0.259. The molecule has 2 heterocycles. The summed E-state index contributed by atoms with van der Waals surface area (Å²) in [4.78, 5) is 18.3. The second-order valence-electron chi connectivity index (χ2n) is 7.80. The molecule has 0 atom stereocenters. The Morgan fingerprint density at radius 1 is 0.943 bits per heavy atom. The van der Waals surface area contributed by atoms with Crippen LogP contribution in [0.4, 0.5) is 5.69 Å². The average Bonchev–Trinajstić information content (AvgIpc) is 3.42. The van der Waals surface area contributed by atoms with E-state index in [1.165, 1.54) is 21.3 Å². The highest BCUT2D eigenvalue weighted by Gasteiger charge is 2.14. The fourth-order valence-corrected chi connectivity index (χ4v) is 4.40. The van der Waals surface area contributed by atoms with Gasteiger partial charge in [-0.15, -0.1) is 11.3 Å². The molecular weight excluding hydrogens is 464 g/mol. The number of benzene rings is 2. The molecule has 4 rings (SSSR count). The minimum Gasteiger partial charge on any atom is -0.494 e. The van der Waals surface area contributed by atoms with Gasteiger partial charge in [-0.3, -0.25) is 4.79 Å². The van der Waals surface area contributed by atoms with E-state index in [2.05, 4.69) is 22.8 Å². The number of rotatable bonds is 11. The molecular formula is C27H28N2O5S. The SMILES string of the molecule is COc1cc(NC(=O)CCCCOc2ccc3nc(-c4cccs4)ccc3c2)cc(OC)c1OC. The van der Waals surface area contributed by atoms with E-state index in [0.29, 0.717) is 42.4 Å². The van der Waals surface area contributed by atoms with Crippen molar-refractivity contribution in [2.75, 3.05) is 33.3 Å². The van der Waals surface area contributed by atoms with Gasteiger partial charge in [-0.05, 0) is 48.6 Å². The number of methoxy groups -OCH3 is 3. The number of hydrogen-bond donors (Lipinski definition) is 1. The quantitative estimate of drug-likeness (QED) is 0.252. The number of hydrogen-bond acceptors (Lipinski definition) is 7. The highest BCUT2D eigenvalue weighted by Crippen LogP contribution is 2.40. The number of carbonyl (C=O) groups is 1. The molecule has 0 unspecified atom stereocenters. The van der Waals surface area contributed by atoms with E-state index in [1.54, 1.807) is 23.5 Å². The molecule has 1 N–H and O–H groups in total. The van der Waals surface area contributed by atoms with Crippen LogP contribution in [0, 0.1) is 0 Å². The first-order chi connectivity index (χ1) is 17.1. The van der Waals surface area contributed by atoms with Crippen LogP contribution < -0.4 is 24.3 Å². The molecule has 0 saturated heterocycles. The molecule has 0 radical (unpaired) electrons. The van der Waals surface area contributed by atoms with E-state index >= 15 is 0 Å². The summed E-state index contributed by atoms with van der Waals surface area (Å²) >= 11 is 1.68. The summed E-state index contributed by atoms with van der Waals surface area (Å²) in [5.74, 6) is 2.17. The number of carbonyl (C=O) groups excluding carboxylic acids is 1. The van der Waals surface area contributed by atoms with Crippen LogP contribution in [0.15, 0.2) is 60.0 Å². The molecule has 182 valence electrons. The smallest absolute Gasteiger partial charge is 0.224 e. The van der Waals surface area contributed by atoms with Crippen LogP contribution in [0.5, 0.6) is 23.0 Å². The van der Waals surface area contributed by atoms with Crippen molar-refractivity contribution in [1.82, 2.24) is 4.98 Å². The Hall–Kier alpha value is -3.78. The van der Waals surface area contributed by atoms with Crippen LogP contribution in [-0.4, -0.2) is 38.8 Å². The highest BCUT2D eigenvalue weighted by molar-refractivity contribution is 7.13. The van der Waals surface area contributed by atoms with Gasteiger partial charge in [0.1, 0.15) is 5.75 Å². The third-order valence-corrected chi connectivity index (χ3v) is 6.34. The second-order valence-corrected chi connectivity index (χ2v) is 8.74. The molecule has 0 aliphatic carbocycles. The molecule has 0 bridgehead atoms. The number of nitrogens with one attached hydrogen (secondary N) is 1. The Labute approximate surface area is 208 Å². The normalized spacial score (nSPS) is 10.7. The lowest BCUT2D eigenvalue weighted by Crippen LogP contribution is -2.12. The summed E-state index contributed by atoms with van der Waals surface area (Å²) in [6.45, 7) is 0.531. The molecule has 0 saturated carbocycles. The first-order valence-electron chi connectivity index (χ1n) is 11.3. The van der Waals surface area contributed by atoms with Gasteiger partial charge in [-0.25, -0.2) is 4.98 Å². The number of ether oxygens (including phenoxy) is 4. The van der Waals surface area contributed by atoms with Crippen molar-refractivity contribution in [2.45, 2.75) is 19.3 Å². The van der Waals surface area contributed by atoms with Crippen molar-refractivity contribution < 1.29 is 23.7 Å². The Morgan fingerprint density at radius 3 is 2.43 bits per heavy atom. The summed E-state index contributed by atoms with van der Waals surface area (Å²) in [6.07, 6.45) is 1.85. The molecule has 0 spiro atoms. The molecule has 2 aromatic carbocycles. The van der Waals surface area contributed by atoms with E-state index in [1.807, 2.05) is 30.3 Å². The zero-order valence-electron chi connectivity index (χ0n) is 20.0. The van der Waals surface area contributed by atoms with Crippen LogP contribution >= 0.6 is 11.3 Å². The topological polar surface area (TPSA) is 78.9 Å². The van der Waals surface area contributed by atoms with Gasteiger partial charge in [0.2, 0.25) is 11.7 Å². The molecule has 0 aliphatic heterocycles. The van der Waals surface area contributed by atoms with Gasteiger partial charge in [0, 0.05) is 29.6 Å². The minimum absolute atomic E-state index is 0.0856. The van der Waals surface area contributed by atoms with Gasteiger partial charge in [0.25, 0.3) is 0 Å². The molecule has 7 nitrogen and oxygen atoms in total. The van der Waals surface area contributed by atoms with Crippen molar-refractivity contribution in [3.05, 3.63) is 60.0 Å². The van der Waals surface area contributed by atoms with Gasteiger partial charge in [-0.1, -0.05) is 12.1 Å². The third-order valence-electron chi connectivity index (χ3n) is 5.45. The molecule has 4 aromatic rings. The van der Waals surface area contributed by atoms with E-state index in [9.17, 15) is 4.79 Å². The van der Waals surface area contributed by atoms with E-state index in [4.69, 9.17) is 23.9 Å². The third kappa shape index (κ3) is 6.02. The Morgan fingerprint density at radius 2 is 1.74 bits per heavy atom. The Kier molecular flexibility index (Phi) is 8.05. The lowest BCUT2D eigenvalue weighted by Gasteiger charge is -2.14. The van der Waals surface area contributed by atoms with Crippen molar-refractivity contribution in [3.8, 4) is 33.6 Å². The number of unbranched alkanes of at least 4 members (excludes halogenated alkanes) is 1. The number of pyridine rings is 1. The summed E-state index contributed by atoms with van der Waals surface area (Å²) in [7, 11) is 4.62. The van der Waals surface area contributed by atoms with E-state index < -0.39 is 0 Å².